The Bertz CT molecular complexity index is 826. The van der Waals surface area contributed by atoms with E-state index in [1.807, 2.05) is 18.2 Å². The van der Waals surface area contributed by atoms with E-state index in [1.165, 1.54) is 0 Å². The van der Waals surface area contributed by atoms with Gasteiger partial charge in [-0.1, -0.05) is 31.7 Å². The summed E-state index contributed by atoms with van der Waals surface area (Å²) in [5.74, 6) is -0.568. The first-order valence-electron chi connectivity index (χ1n) is 10.6. The van der Waals surface area contributed by atoms with Gasteiger partial charge in [0, 0.05) is 29.8 Å². The lowest BCUT2D eigenvalue weighted by molar-refractivity contribution is -0.138. The van der Waals surface area contributed by atoms with Crippen molar-refractivity contribution in [3.05, 3.63) is 29.3 Å². The lowest BCUT2D eigenvalue weighted by Gasteiger charge is -2.29. The van der Waals surface area contributed by atoms with Gasteiger partial charge in [0.1, 0.15) is 6.04 Å². The smallest absolute Gasteiger partial charge is 0.303 e. The van der Waals surface area contributed by atoms with E-state index in [-0.39, 0.29) is 30.6 Å². The maximum atomic E-state index is 12.8. The summed E-state index contributed by atoms with van der Waals surface area (Å²) in [5.41, 5.74) is 1.63. The number of imide groups is 1. The Hall–Kier alpha value is -2.35. The number of hydrogen-bond acceptors (Lipinski definition) is 5. The van der Waals surface area contributed by atoms with Crippen LogP contribution in [0, 0.1) is 0 Å². The van der Waals surface area contributed by atoms with Gasteiger partial charge in [-0.05, 0) is 42.7 Å². The summed E-state index contributed by atoms with van der Waals surface area (Å²) in [6, 6.07) is 5.14. The van der Waals surface area contributed by atoms with E-state index in [1.54, 1.807) is 16.7 Å². The summed E-state index contributed by atoms with van der Waals surface area (Å²) in [5, 5.41) is 11.0. The van der Waals surface area contributed by atoms with Crippen molar-refractivity contribution in [2.75, 3.05) is 5.75 Å². The third-order valence-electron chi connectivity index (χ3n) is 5.58. The molecule has 2 aliphatic rings. The van der Waals surface area contributed by atoms with Crippen LogP contribution in [0.1, 0.15) is 73.7 Å². The summed E-state index contributed by atoms with van der Waals surface area (Å²) in [4.78, 5) is 49.6. The molecule has 0 saturated carbocycles. The van der Waals surface area contributed by atoms with E-state index in [0.717, 1.165) is 54.7 Å². The second kappa shape index (κ2) is 10.6. The van der Waals surface area contributed by atoms with Crippen molar-refractivity contribution in [2.45, 2.75) is 75.3 Å². The number of carboxylic acids is 1. The Kier molecular flexibility index (Phi) is 7.90. The molecule has 3 amide bonds. The number of amides is 3. The second-order valence-corrected chi connectivity index (χ2v) is 8.93. The molecule has 0 bridgehead atoms. The number of benzene rings is 1. The zero-order chi connectivity index (χ0) is 21.5. The average Bonchev–Trinajstić information content (AvgIpc) is 3.04. The van der Waals surface area contributed by atoms with Gasteiger partial charge in [0.05, 0.1) is 0 Å². The zero-order valence-electron chi connectivity index (χ0n) is 17.0. The van der Waals surface area contributed by atoms with Crippen LogP contribution >= 0.6 is 11.8 Å². The molecule has 162 valence electrons. The Morgan fingerprint density at radius 1 is 1.10 bits per heavy atom. The largest absolute Gasteiger partial charge is 0.481 e. The molecule has 1 atom stereocenters. The van der Waals surface area contributed by atoms with Crippen molar-refractivity contribution < 1.29 is 24.3 Å². The minimum Gasteiger partial charge on any atom is -0.481 e. The maximum Gasteiger partial charge on any atom is 0.303 e. The molecule has 30 heavy (non-hydrogen) atoms. The summed E-state index contributed by atoms with van der Waals surface area (Å²) in [7, 11) is 0. The first-order valence-corrected chi connectivity index (χ1v) is 11.6. The minimum atomic E-state index is -0.726. The molecule has 1 aromatic carbocycles. The lowest BCUT2D eigenvalue weighted by Crippen LogP contribution is -2.52. The van der Waals surface area contributed by atoms with Crippen molar-refractivity contribution >= 4 is 35.5 Å². The summed E-state index contributed by atoms with van der Waals surface area (Å²) in [6.07, 6.45) is 6.94. The Balaban J connectivity index is 1.46. The molecule has 0 spiro atoms. The molecule has 1 saturated heterocycles. The van der Waals surface area contributed by atoms with Crippen LogP contribution in [0.4, 0.5) is 0 Å². The van der Waals surface area contributed by atoms with Gasteiger partial charge < -0.3 is 10.0 Å². The SMILES string of the molecule is O=C(O)CCCCCCCCSc1cccc2c1CN(C1CCC(=O)NC1=O)C2=O. The molecule has 2 aliphatic heterocycles. The van der Waals surface area contributed by atoms with Crippen LogP contribution in [0.3, 0.4) is 0 Å². The molecule has 1 aromatic rings. The third-order valence-corrected chi connectivity index (χ3v) is 6.77. The molecule has 0 aromatic heterocycles. The summed E-state index contributed by atoms with van der Waals surface area (Å²) < 4.78 is 0. The van der Waals surface area contributed by atoms with E-state index in [2.05, 4.69) is 5.32 Å². The fraction of sp³-hybridized carbons (Fsp3) is 0.545. The molecular weight excluding hydrogens is 404 g/mol. The number of thioether (sulfide) groups is 1. The fourth-order valence-electron chi connectivity index (χ4n) is 3.96. The van der Waals surface area contributed by atoms with Gasteiger partial charge in [-0.3, -0.25) is 24.5 Å². The van der Waals surface area contributed by atoms with Gasteiger partial charge >= 0.3 is 5.97 Å². The predicted octanol–water partition coefficient (Wildman–Crippen LogP) is 3.36. The lowest BCUT2D eigenvalue weighted by atomic mass is 10.0. The fourth-order valence-corrected chi connectivity index (χ4v) is 5.05. The number of nitrogens with one attached hydrogen (secondary N) is 1. The monoisotopic (exact) mass is 432 g/mol. The number of piperidine rings is 1. The van der Waals surface area contributed by atoms with Crippen LogP contribution in [0.25, 0.3) is 0 Å². The number of hydrogen-bond donors (Lipinski definition) is 2. The highest BCUT2D eigenvalue weighted by Crippen LogP contribution is 2.34. The quantitative estimate of drug-likeness (QED) is 0.316. The van der Waals surface area contributed by atoms with Crippen LogP contribution < -0.4 is 5.32 Å². The van der Waals surface area contributed by atoms with Crippen LogP contribution in [-0.4, -0.2) is 45.5 Å². The van der Waals surface area contributed by atoms with Crippen LogP contribution in [0.5, 0.6) is 0 Å². The number of carbonyl (C=O) groups excluding carboxylic acids is 3. The Morgan fingerprint density at radius 3 is 2.57 bits per heavy atom. The second-order valence-electron chi connectivity index (χ2n) is 7.80. The summed E-state index contributed by atoms with van der Waals surface area (Å²) >= 11 is 1.74. The predicted molar refractivity (Wildman–Crippen MR) is 113 cm³/mol. The summed E-state index contributed by atoms with van der Waals surface area (Å²) in [6.45, 7) is 0.410. The molecule has 3 rings (SSSR count). The highest BCUT2D eigenvalue weighted by Gasteiger charge is 2.39. The van der Waals surface area contributed by atoms with Gasteiger partial charge in [-0.2, -0.15) is 0 Å². The number of unbranched alkanes of at least 4 members (excludes halogenated alkanes) is 5. The van der Waals surface area contributed by atoms with E-state index in [0.29, 0.717) is 18.5 Å². The van der Waals surface area contributed by atoms with Gasteiger partial charge in [-0.15, -0.1) is 11.8 Å². The number of nitrogens with zero attached hydrogens (tertiary/aromatic N) is 1. The van der Waals surface area contributed by atoms with Crippen molar-refractivity contribution in [1.82, 2.24) is 10.2 Å². The van der Waals surface area contributed by atoms with Crippen molar-refractivity contribution in [3.8, 4) is 0 Å². The molecular formula is C22H28N2O5S. The van der Waals surface area contributed by atoms with Gasteiger partial charge in [0.2, 0.25) is 11.8 Å². The minimum absolute atomic E-state index is 0.136. The molecule has 0 radical (unpaired) electrons. The standard InChI is InChI=1S/C22H28N2O5S/c25-19-12-11-17(21(28)23-19)24-14-16-15(22(24)29)8-7-9-18(16)30-13-6-4-2-1-3-5-10-20(26)27/h7-9,17H,1-6,10-14H2,(H,26,27)(H,23,25,28). The number of rotatable bonds is 11. The zero-order valence-corrected chi connectivity index (χ0v) is 17.8. The molecule has 1 unspecified atom stereocenters. The highest BCUT2D eigenvalue weighted by molar-refractivity contribution is 7.99. The Labute approximate surface area is 180 Å². The molecule has 2 N–H and O–H groups in total. The average molecular weight is 433 g/mol. The van der Waals surface area contributed by atoms with Crippen molar-refractivity contribution in [1.29, 1.82) is 0 Å². The van der Waals surface area contributed by atoms with Gasteiger partial charge in [0.15, 0.2) is 0 Å². The molecule has 1 fully saturated rings. The van der Waals surface area contributed by atoms with E-state index < -0.39 is 12.0 Å². The van der Waals surface area contributed by atoms with Crippen molar-refractivity contribution in [2.24, 2.45) is 0 Å². The first kappa shape index (κ1) is 22.3. The molecule has 0 aliphatic carbocycles. The normalized spacial score (nSPS) is 18.5. The Morgan fingerprint density at radius 2 is 1.83 bits per heavy atom. The number of fused-ring (bicyclic) bond motifs is 1. The van der Waals surface area contributed by atoms with Crippen LogP contribution in [-0.2, 0) is 20.9 Å². The van der Waals surface area contributed by atoms with Gasteiger partial charge in [0.25, 0.3) is 5.91 Å². The first-order chi connectivity index (χ1) is 14.5. The van der Waals surface area contributed by atoms with Crippen LogP contribution in [0.15, 0.2) is 23.1 Å². The van der Waals surface area contributed by atoms with Crippen molar-refractivity contribution in [3.63, 3.8) is 0 Å². The number of aliphatic carboxylic acids is 1. The molecule has 8 heteroatoms. The van der Waals surface area contributed by atoms with E-state index >= 15 is 0 Å². The van der Waals surface area contributed by atoms with E-state index in [4.69, 9.17) is 5.11 Å². The highest BCUT2D eigenvalue weighted by atomic mass is 32.2. The molecule has 2 heterocycles. The van der Waals surface area contributed by atoms with E-state index in [9.17, 15) is 19.2 Å². The maximum absolute atomic E-state index is 12.8. The molecule has 7 nitrogen and oxygen atoms in total. The number of carbonyl (C=O) groups is 4. The third kappa shape index (κ3) is 5.62. The van der Waals surface area contributed by atoms with Gasteiger partial charge in [-0.25, -0.2) is 0 Å². The topological polar surface area (TPSA) is 104 Å². The van der Waals surface area contributed by atoms with Crippen LogP contribution in [0.2, 0.25) is 0 Å². The number of carboxylic acid groups (broad SMARTS) is 1.